The summed E-state index contributed by atoms with van der Waals surface area (Å²) in [6.45, 7) is 5.07. The van der Waals surface area contributed by atoms with Crippen LogP contribution in [0, 0.1) is 0 Å². The predicted octanol–water partition coefficient (Wildman–Crippen LogP) is 4.95. The number of carbonyl (C=O) groups is 1. The predicted molar refractivity (Wildman–Crippen MR) is 105 cm³/mol. The molecule has 138 valence electrons. The third-order valence-corrected chi connectivity index (χ3v) is 5.16. The van der Waals surface area contributed by atoms with Gasteiger partial charge in [-0.25, -0.2) is 0 Å². The van der Waals surface area contributed by atoms with E-state index in [0.29, 0.717) is 6.42 Å². The maximum absolute atomic E-state index is 12.6. The average molecular weight is 351 g/mol. The van der Waals surface area contributed by atoms with E-state index in [1.54, 1.807) is 0 Å². The molecule has 0 aliphatic carbocycles. The number of carbonyl (C=O) groups excluding carboxylic acids is 1. The van der Waals surface area contributed by atoms with Crippen molar-refractivity contribution < 1.29 is 9.53 Å². The van der Waals surface area contributed by atoms with Gasteiger partial charge >= 0.3 is 5.97 Å². The molecule has 0 N–H and O–H groups in total. The molecule has 0 bridgehead atoms. The number of hydrogen-bond donors (Lipinski definition) is 0. The van der Waals surface area contributed by atoms with Crippen molar-refractivity contribution in [1.82, 2.24) is 4.90 Å². The van der Waals surface area contributed by atoms with Gasteiger partial charge in [-0.2, -0.15) is 0 Å². The van der Waals surface area contributed by atoms with Crippen LogP contribution in [-0.2, 0) is 9.53 Å². The number of nitrogens with zero attached hydrogens (tertiary/aromatic N) is 1. The van der Waals surface area contributed by atoms with Crippen LogP contribution in [0.1, 0.15) is 55.8 Å². The van der Waals surface area contributed by atoms with Gasteiger partial charge in [-0.15, -0.1) is 0 Å². The molecule has 0 saturated carbocycles. The summed E-state index contributed by atoms with van der Waals surface area (Å²) in [6, 6.07) is 20.3. The lowest BCUT2D eigenvalue weighted by atomic mass is 9.98. The molecule has 3 heteroatoms. The first-order valence-electron chi connectivity index (χ1n) is 9.74. The number of likely N-dealkylation sites (tertiary alicyclic amines) is 1. The van der Waals surface area contributed by atoms with Gasteiger partial charge in [0.15, 0.2) is 0 Å². The van der Waals surface area contributed by atoms with E-state index in [9.17, 15) is 4.79 Å². The summed E-state index contributed by atoms with van der Waals surface area (Å²) in [6.07, 6.45) is 4.00. The molecule has 1 aliphatic heterocycles. The van der Waals surface area contributed by atoms with Crippen LogP contribution in [0.2, 0.25) is 0 Å². The van der Waals surface area contributed by atoms with E-state index >= 15 is 0 Å². The number of esters is 1. The number of piperidine rings is 1. The Bertz CT molecular complexity index is 665. The Hall–Kier alpha value is -2.13. The van der Waals surface area contributed by atoms with Crippen molar-refractivity contribution in [3.8, 4) is 0 Å². The highest BCUT2D eigenvalue weighted by Crippen LogP contribution is 2.24. The molecular formula is C23H29NO2. The van der Waals surface area contributed by atoms with Crippen LogP contribution in [0.15, 0.2) is 60.7 Å². The molecule has 1 heterocycles. The Morgan fingerprint density at radius 3 is 2.12 bits per heavy atom. The highest BCUT2D eigenvalue weighted by atomic mass is 16.5. The van der Waals surface area contributed by atoms with Crippen molar-refractivity contribution >= 4 is 5.97 Å². The average Bonchev–Trinajstić information content (AvgIpc) is 2.69. The van der Waals surface area contributed by atoms with E-state index in [1.807, 2.05) is 36.4 Å². The normalized spacial score (nSPS) is 17.4. The van der Waals surface area contributed by atoms with E-state index in [4.69, 9.17) is 4.74 Å². The third kappa shape index (κ3) is 5.43. The van der Waals surface area contributed by atoms with E-state index in [0.717, 1.165) is 25.2 Å². The van der Waals surface area contributed by atoms with Crippen molar-refractivity contribution in [1.29, 1.82) is 0 Å². The van der Waals surface area contributed by atoms with Crippen LogP contribution in [0.3, 0.4) is 0 Å². The lowest BCUT2D eigenvalue weighted by molar-refractivity contribution is -0.151. The highest BCUT2D eigenvalue weighted by Gasteiger charge is 2.22. The molecule has 2 aromatic rings. The van der Waals surface area contributed by atoms with Gasteiger partial charge in [-0.05, 0) is 43.0 Å². The quantitative estimate of drug-likeness (QED) is 0.661. The van der Waals surface area contributed by atoms with Crippen molar-refractivity contribution in [2.75, 3.05) is 19.6 Å². The second kappa shape index (κ2) is 9.54. The van der Waals surface area contributed by atoms with Crippen molar-refractivity contribution in [3.05, 3.63) is 71.8 Å². The summed E-state index contributed by atoms with van der Waals surface area (Å²) >= 11 is 0. The molecule has 1 aliphatic rings. The summed E-state index contributed by atoms with van der Waals surface area (Å²) in [5.74, 6) is 0.0438. The second-order valence-corrected chi connectivity index (χ2v) is 7.27. The summed E-state index contributed by atoms with van der Waals surface area (Å²) < 4.78 is 5.95. The van der Waals surface area contributed by atoms with Crippen molar-refractivity contribution in [2.45, 2.75) is 44.6 Å². The zero-order valence-electron chi connectivity index (χ0n) is 15.6. The van der Waals surface area contributed by atoms with Crippen molar-refractivity contribution in [3.63, 3.8) is 0 Å². The molecule has 1 saturated heterocycles. The molecule has 0 radical (unpaired) electrons. The second-order valence-electron chi connectivity index (χ2n) is 7.27. The maximum Gasteiger partial charge on any atom is 0.307 e. The van der Waals surface area contributed by atoms with Crippen LogP contribution in [-0.4, -0.2) is 30.5 Å². The highest BCUT2D eigenvalue weighted by molar-refractivity contribution is 5.71. The number of benzene rings is 2. The molecular weight excluding hydrogens is 322 g/mol. The smallest absolute Gasteiger partial charge is 0.307 e. The van der Waals surface area contributed by atoms with Gasteiger partial charge in [-0.3, -0.25) is 9.69 Å². The van der Waals surface area contributed by atoms with E-state index in [2.05, 4.69) is 36.1 Å². The molecule has 26 heavy (non-hydrogen) atoms. The van der Waals surface area contributed by atoms with E-state index in [-0.39, 0.29) is 18.0 Å². The first-order chi connectivity index (χ1) is 12.7. The Labute approximate surface area is 157 Å². The molecule has 3 nitrogen and oxygen atoms in total. The summed E-state index contributed by atoms with van der Waals surface area (Å²) in [5, 5.41) is 0. The number of rotatable bonds is 7. The first-order valence-corrected chi connectivity index (χ1v) is 9.74. The first kappa shape index (κ1) is 18.7. The van der Waals surface area contributed by atoms with Gasteiger partial charge in [0.1, 0.15) is 6.10 Å². The summed E-state index contributed by atoms with van der Waals surface area (Å²) in [4.78, 5) is 15.0. The maximum atomic E-state index is 12.6. The minimum absolute atomic E-state index is 0.118. The molecule has 2 aromatic carbocycles. The molecule has 1 fully saturated rings. The standard InChI is InChI=1S/C23H29NO2/c1-19(20-11-5-2-6-12-20)17-23(25)26-22(21-13-7-3-8-14-21)18-24-15-9-4-10-16-24/h2-3,5-8,11-14,19,22H,4,9-10,15-18H2,1H3/t19-,22+/m0/s1. The molecule has 0 aromatic heterocycles. The van der Waals surface area contributed by atoms with Gasteiger partial charge < -0.3 is 4.74 Å². The molecule has 2 atom stereocenters. The zero-order valence-corrected chi connectivity index (χ0v) is 15.6. The van der Waals surface area contributed by atoms with E-state index < -0.39 is 0 Å². The third-order valence-electron chi connectivity index (χ3n) is 5.16. The Morgan fingerprint density at radius 2 is 1.50 bits per heavy atom. The largest absolute Gasteiger partial charge is 0.456 e. The van der Waals surface area contributed by atoms with Gasteiger partial charge in [0.05, 0.1) is 6.42 Å². The fourth-order valence-corrected chi connectivity index (χ4v) is 3.61. The molecule has 0 unspecified atom stereocenters. The van der Waals surface area contributed by atoms with Crippen LogP contribution >= 0.6 is 0 Å². The van der Waals surface area contributed by atoms with Gasteiger partial charge in [-0.1, -0.05) is 74.0 Å². The minimum atomic E-state index is -0.190. The molecule has 3 rings (SSSR count). The minimum Gasteiger partial charge on any atom is -0.456 e. The fourth-order valence-electron chi connectivity index (χ4n) is 3.61. The van der Waals surface area contributed by atoms with E-state index in [1.165, 1.54) is 24.8 Å². The Kier molecular flexibility index (Phi) is 6.84. The summed E-state index contributed by atoms with van der Waals surface area (Å²) in [7, 11) is 0. The van der Waals surface area contributed by atoms with Gasteiger partial charge in [0, 0.05) is 6.54 Å². The monoisotopic (exact) mass is 351 g/mol. The van der Waals surface area contributed by atoms with Crippen LogP contribution in [0.4, 0.5) is 0 Å². The lowest BCUT2D eigenvalue weighted by Gasteiger charge is -2.30. The zero-order chi connectivity index (χ0) is 18.2. The van der Waals surface area contributed by atoms with Gasteiger partial charge in [0.2, 0.25) is 0 Å². The Morgan fingerprint density at radius 1 is 0.923 bits per heavy atom. The van der Waals surface area contributed by atoms with Crippen LogP contribution in [0.5, 0.6) is 0 Å². The Balaban J connectivity index is 1.63. The molecule has 0 amide bonds. The van der Waals surface area contributed by atoms with Crippen LogP contribution < -0.4 is 0 Å². The number of ether oxygens (including phenoxy) is 1. The SMILES string of the molecule is C[C@@H](CC(=O)O[C@H](CN1CCCCC1)c1ccccc1)c1ccccc1. The van der Waals surface area contributed by atoms with Crippen LogP contribution in [0.25, 0.3) is 0 Å². The van der Waals surface area contributed by atoms with Gasteiger partial charge in [0.25, 0.3) is 0 Å². The fraction of sp³-hybridized carbons (Fsp3) is 0.435. The number of hydrogen-bond acceptors (Lipinski definition) is 3. The molecule has 0 spiro atoms. The topological polar surface area (TPSA) is 29.5 Å². The summed E-state index contributed by atoms with van der Waals surface area (Å²) in [5.41, 5.74) is 2.26. The lowest BCUT2D eigenvalue weighted by Crippen LogP contribution is -2.35. The van der Waals surface area contributed by atoms with Crippen molar-refractivity contribution in [2.24, 2.45) is 0 Å².